The second kappa shape index (κ2) is 6.96. The fourth-order valence-electron chi connectivity index (χ4n) is 4.71. The molecule has 1 saturated carbocycles. The summed E-state index contributed by atoms with van der Waals surface area (Å²) in [6, 6.07) is 10.2. The smallest absolute Gasteiger partial charge is 0.323 e. The van der Waals surface area contributed by atoms with Crippen LogP contribution in [0.4, 0.5) is 0 Å². The molecule has 4 nitrogen and oxygen atoms in total. The largest absolute Gasteiger partial charge is 0.468 e. The van der Waals surface area contributed by atoms with Crippen molar-refractivity contribution in [2.45, 2.75) is 41.5 Å². The SMILES string of the molecule is COC(=O)[C@@H]1C[C@H]2[C@H]3[C@H](CC=CCN31)C(=O)C[C@H]2Sc1ccccc1. The highest BCUT2D eigenvalue weighted by molar-refractivity contribution is 8.00. The van der Waals surface area contributed by atoms with Crippen molar-refractivity contribution in [1.29, 1.82) is 0 Å². The van der Waals surface area contributed by atoms with Crippen LogP contribution in [0.2, 0.25) is 0 Å². The first kappa shape index (κ1) is 16.9. The third kappa shape index (κ3) is 3.04. The molecule has 25 heavy (non-hydrogen) atoms. The van der Waals surface area contributed by atoms with Crippen molar-refractivity contribution in [2.24, 2.45) is 11.8 Å². The molecule has 1 aliphatic carbocycles. The van der Waals surface area contributed by atoms with Gasteiger partial charge in [0.25, 0.3) is 0 Å². The Bertz CT molecular complexity index is 689. The first-order chi connectivity index (χ1) is 12.2. The molecule has 0 aromatic heterocycles. The van der Waals surface area contributed by atoms with Crippen molar-refractivity contribution in [3.8, 4) is 0 Å². The number of ketones is 1. The molecule has 0 unspecified atom stereocenters. The fraction of sp³-hybridized carbons (Fsp3) is 0.500. The number of carbonyl (C=O) groups is 2. The molecular formula is C20H23NO3S. The van der Waals surface area contributed by atoms with E-state index in [0.717, 1.165) is 19.4 Å². The highest BCUT2D eigenvalue weighted by Crippen LogP contribution is 2.48. The summed E-state index contributed by atoms with van der Waals surface area (Å²) < 4.78 is 5.06. The van der Waals surface area contributed by atoms with E-state index in [1.807, 2.05) is 18.2 Å². The topological polar surface area (TPSA) is 46.6 Å². The molecule has 132 valence electrons. The van der Waals surface area contributed by atoms with Crippen LogP contribution in [-0.2, 0) is 14.3 Å². The third-order valence-corrected chi connectivity index (χ3v) is 7.16. The lowest BCUT2D eigenvalue weighted by Crippen LogP contribution is -2.51. The van der Waals surface area contributed by atoms with Crippen LogP contribution in [0, 0.1) is 11.8 Å². The average molecular weight is 357 g/mol. The summed E-state index contributed by atoms with van der Waals surface area (Å²) in [5.74, 6) is 0.541. The molecule has 4 rings (SSSR count). The van der Waals surface area contributed by atoms with E-state index in [1.54, 1.807) is 11.8 Å². The molecule has 0 radical (unpaired) electrons. The number of allylic oxidation sites excluding steroid dienone is 1. The van der Waals surface area contributed by atoms with Crippen LogP contribution >= 0.6 is 11.8 Å². The van der Waals surface area contributed by atoms with Crippen LogP contribution < -0.4 is 0 Å². The Labute approximate surface area is 152 Å². The molecule has 1 aromatic carbocycles. The minimum atomic E-state index is -0.227. The molecule has 0 spiro atoms. The number of esters is 1. The maximum absolute atomic E-state index is 12.9. The highest BCUT2D eigenvalue weighted by atomic mass is 32.2. The van der Waals surface area contributed by atoms with E-state index >= 15 is 0 Å². The van der Waals surface area contributed by atoms with Gasteiger partial charge >= 0.3 is 5.97 Å². The third-order valence-electron chi connectivity index (χ3n) is 5.80. The molecule has 2 aliphatic heterocycles. The van der Waals surface area contributed by atoms with E-state index in [1.165, 1.54) is 12.0 Å². The van der Waals surface area contributed by atoms with Gasteiger partial charge in [-0.3, -0.25) is 14.5 Å². The molecule has 1 saturated heterocycles. The highest BCUT2D eigenvalue weighted by Gasteiger charge is 2.55. The first-order valence-corrected chi connectivity index (χ1v) is 9.80. The number of ether oxygens (including phenoxy) is 1. The first-order valence-electron chi connectivity index (χ1n) is 8.92. The number of thioether (sulfide) groups is 1. The minimum absolute atomic E-state index is 0.0195. The van der Waals surface area contributed by atoms with Crippen molar-refractivity contribution >= 4 is 23.5 Å². The Morgan fingerprint density at radius 1 is 1.24 bits per heavy atom. The maximum atomic E-state index is 12.9. The average Bonchev–Trinajstić information content (AvgIpc) is 2.86. The molecule has 0 amide bonds. The Morgan fingerprint density at radius 3 is 2.80 bits per heavy atom. The standard InChI is InChI=1S/C20H23NO3S/c1-24-20(23)16-11-15-18(25-13-7-3-2-4-8-13)12-17(22)14-9-5-6-10-21(16)19(14)15/h2-8,14-16,18-19H,9-12H2,1H3/t14-,15-,16+,18-,19-/m1/s1. The van der Waals surface area contributed by atoms with Gasteiger partial charge in [-0.15, -0.1) is 11.8 Å². The summed E-state index contributed by atoms with van der Waals surface area (Å²) in [6.45, 7) is 0.730. The number of carbonyl (C=O) groups excluding carboxylic acids is 2. The Morgan fingerprint density at radius 2 is 2.04 bits per heavy atom. The van der Waals surface area contributed by atoms with Crippen molar-refractivity contribution in [3.63, 3.8) is 0 Å². The van der Waals surface area contributed by atoms with Gasteiger partial charge in [-0.25, -0.2) is 0 Å². The van der Waals surface area contributed by atoms with E-state index in [0.29, 0.717) is 18.1 Å². The number of benzene rings is 1. The molecule has 5 heteroatoms. The van der Waals surface area contributed by atoms with E-state index in [-0.39, 0.29) is 29.2 Å². The van der Waals surface area contributed by atoms with E-state index < -0.39 is 0 Å². The molecule has 1 aromatic rings. The zero-order valence-electron chi connectivity index (χ0n) is 14.3. The predicted molar refractivity (Wildman–Crippen MR) is 97.4 cm³/mol. The monoisotopic (exact) mass is 357 g/mol. The summed E-state index contributed by atoms with van der Waals surface area (Å²) in [6.07, 6.45) is 6.40. The molecule has 2 heterocycles. The van der Waals surface area contributed by atoms with Crippen LogP contribution in [0.5, 0.6) is 0 Å². The molecule has 5 atom stereocenters. The second-order valence-corrected chi connectivity index (χ2v) is 8.39. The Hall–Kier alpha value is -1.59. The van der Waals surface area contributed by atoms with Crippen molar-refractivity contribution in [3.05, 3.63) is 42.5 Å². The quantitative estimate of drug-likeness (QED) is 0.615. The number of methoxy groups -OCH3 is 1. The normalized spacial score (nSPS) is 34.4. The summed E-state index contributed by atoms with van der Waals surface area (Å²) in [7, 11) is 1.46. The second-order valence-electron chi connectivity index (χ2n) is 7.08. The molecular weight excluding hydrogens is 334 g/mol. The zero-order valence-corrected chi connectivity index (χ0v) is 15.2. The van der Waals surface area contributed by atoms with Crippen molar-refractivity contribution in [1.82, 2.24) is 4.90 Å². The summed E-state index contributed by atoms with van der Waals surface area (Å²) in [5.41, 5.74) is 0. The van der Waals surface area contributed by atoms with Gasteiger partial charge in [0.15, 0.2) is 0 Å². The van der Waals surface area contributed by atoms with Gasteiger partial charge in [0.1, 0.15) is 11.8 Å². The van der Waals surface area contributed by atoms with Gasteiger partial charge in [0.2, 0.25) is 0 Å². The van der Waals surface area contributed by atoms with Crippen LogP contribution in [0.15, 0.2) is 47.4 Å². The number of hydrogen-bond acceptors (Lipinski definition) is 5. The van der Waals surface area contributed by atoms with Gasteiger partial charge in [-0.05, 0) is 30.9 Å². The lowest BCUT2D eigenvalue weighted by Gasteiger charge is -2.40. The van der Waals surface area contributed by atoms with Crippen LogP contribution in [0.25, 0.3) is 0 Å². The van der Waals surface area contributed by atoms with Crippen LogP contribution in [0.3, 0.4) is 0 Å². The lowest BCUT2D eigenvalue weighted by atomic mass is 9.75. The zero-order chi connectivity index (χ0) is 17.4. The maximum Gasteiger partial charge on any atom is 0.323 e. The summed E-state index contributed by atoms with van der Waals surface area (Å²) in [4.78, 5) is 28.6. The number of nitrogens with zero attached hydrogens (tertiary/aromatic N) is 1. The van der Waals surface area contributed by atoms with E-state index in [2.05, 4.69) is 29.2 Å². The van der Waals surface area contributed by atoms with Crippen molar-refractivity contribution in [2.75, 3.05) is 13.7 Å². The fourth-order valence-corrected chi connectivity index (χ4v) is 6.07. The summed E-state index contributed by atoms with van der Waals surface area (Å²) in [5, 5.41) is 0.228. The molecule has 2 fully saturated rings. The van der Waals surface area contributed by atoms with E-state index in [9.17, 15) is 9.59 Å². The minimum Gasteiger partial charge on any atom is -0.468 e. The number of rotatable bonds is 3. The Balaban J connectivity index is 1.65. The van der Waals surface area contributed by atoms with Crippen LogP contribution in [-0.4, -0.2) is 47.6 Å². The van der Waals surface area contributed by atoms with Gasteiger partial charge < -0.3 is 4.74 Å². The predicted octanol–water partition coefficient (Wildman–Crippen LogP) is 2.93. The van der Waals surface area contributed by atoms with E-state index in [4.69, 9.17) is 4.74 Å². The van der Waals surface area contributed by atoms with Gasteiger partial charge in [-0.2, -0.15) is 0 Å². The summed E-state index contributed by atoms with van der Waals surface area (Å²) >= 11 is 1.79. The molecule has 0 N–H and O–H groups in total. The number of Topliss-reactive ketones (excluding diaryl/α,β-unsaturated/α-hetero) is 1. The van der Waals surface area contributed by atoms with Crippen LogP contribution in [0.1, 0.15) is 19.3 Å². The van der Waals surface area contributed by atoms with Gasteiger partial charge in [0, 0.05) is 35.1 Å². The number of hydrogen-bond donors (Lipinski definition) is 0. The van der Waals surface area contributed by atoms with Gasteiger partial charge in [-0.1, -0.05) is 30.4 Å². The molecule has 3 aliphatic rings. The molecule has 0 bridgehead atoms. The van der Waals surface area contributed by atoms with Gasteiger partial charge in [0.05, 0.1) is 7.11 Å². The van der Waals surface area contributed by atoms with Crippen molar-refractivity contribution < 1.29 is 14.3 Å². The Kier molecular flexibility index (Phi) is 4.69. The lowest BCUT2D eigenvalue weighted by molar-refractivity contribution is -0.146.